The van der Waals surface area contributed by atoms with E-state index < -0.39 is 10.5 Å². The lowest BCUT2D eigenvalue weighted by Gasteiger charge is -2.34. The normalized spacial score (nSPS) is 19.1. The van der Waals surface area contributed by atoms with Crippen molar-refractivity contribution in [2.24, 2.45) is 0 Å². The number of nitrogens with one attached hydrogen (secondary N) is 1. The number of amides is 1. The van der Waals surface area contributed by atoms with Crippen LogP contribution in [-0.4, -0.2) is 22.5 Å². The molecular formula is C19H20N2O4. The molecule has 25 heavy (non-hydrogen) atoms. The van der Waals surface area contributed by atoms with Crippen molar-refractivity contribution in [2.45, 2.75) is 31.3 Å². The van der Waals surface area contributed by atoms with Gasteiger partial charge in [0, 0.05) is 12.1 Å². The molecule has 2 N–H and O–H groups in total. The lowest BCUT2D eigenvalue weighted by atomic mass is 9.79. The Hall–Kier alpha value is -2.73. The third-order valence-corrected chi connectivity index (χ3v) is 4.65. The average molecular weight is 340 g/mol. The summed E-state index contributed by atoms with van der Waals surface area (Å²) in [6, 6.07) is 13.7. The van der Waals surface area contributed by atoms with E-state index in [1.807, 2.05) is 24.3 Å². The second kappa shape index (κ2) is 7.03. The first-order valence-corrected chi connectivity index (χ1v) is 8.29. The molecule has 0 heterocycles. The highest BCUT2D eigenvalue weighted by Crippen LogP contribution is 2.34. The van der Waals surface area contributed by atoms with Gasteiger partial charge in [-0.25, -0.2) is 0 Å². The smallest absolute Gasteiger partial charge is 0.269 e. The molecular weight excluding hydrogens is 320 g/mol. The second-order valence-corrected chi connectivity index (χ2v) is 6.42. The van der Waals surface area contributed by atoms with E-state index in [1.165, 1.54) is 12.1 Å². The van der Waals surface area contributed by atoms with Gasteiger partial charge >= 0.3 is 0 Å². The zero-order valence-corrected chi connectivity index (χ0v) is 13.8. The molecule has 2 aromatic rings. The van der Waals surface area contributed by atoms with Gasteiger partial charge in [0.15, 0.2) is 0 Å². The fourth-order valence-corrected chi connectivity index (χ4v) is 3.31. The minimum absolute atomic E-state index is 0.00252. The van der Waals surface area contributed by atoms with E-state index in [1.54, 1.807) is 12.1 Å². The number of nitrogens with zero attached hydrogens (tertiary/aromatic N) is 1. The van der Waals surface area contributed by atoms with Crippen LogP contribution in [0.3, 0.4) is 0 Å². The third-order valence-electron chi connectivity index (χ3n) is 4.65. The Balaban J connectivity index is 1.62. The number of carbonyl (C=O) groups is 1. The number of nitro groups is 1. The van der Waals surface area contributed by atoms with Gasteiger partial charge in [-0.2, -0.15) is 0 Å². The molecule has 1 aliphatic rings. The van der Waals surface area contributed by atoms with E-state index in [-0.39, 0.29) is 24.6 Å². The molecule has 3 rings (SSSR count). The van der Waals surface area contributed by atoms with Crippen molar-refractivity contribution in [1.29, 1.82) is 0 Å². The predicted octanol–water partition coefficient (Wildman–Crippen LogP) is 2.48. The summed E-state index contributed by atoms with van der Waals surface area (Å²) in [7, 11) is 0. The zero-order valence-electron chi connectivity index (χ0n) is 13.8. The fraction of sp³-hybridized carbons (Fsp3) is 0.316. The van der Waals surface area contributed by atoms with E-state index in [2.05, 4.69) is 5.32 Å². The first kappa shape index (κ1) is 17.1. The topological polar surface area (TPSA) is 92.5 Å². The molecule has 6 nitrogen and oxygen atoms in total. The number of carbonyl (C=O) groups excluding carboxylic acids is 1. The van der Waals surface area contributed by atoms with Crippen molar-refractivity contribution >= 4 is 11.6 Å². The summed E-state index contributed by atoms with van der Waals surface area (Å²) in [4.78, 5) is 22.3. The largest absolute Gasteiger partial charge is 0.383 e. The molecule has 130 valence electrons. The number of non-ortho nitro benzene ring substituents is 1. The van der Waals surface area contributed by atoms with E-state index in [4.69, 9.17) is 0 Å². The Labute approximate surface area is 145 Å². The molecule has 1 atom stereocenters. The highest BCUT2D eigenvalue weighted by Gasteiger charge is 2.34. The van der Waals surface area contributed by atoms with Gasteiger partial charge < -0.3 is 10.4 Å². The number of aliphatic hydroxyl groups is 1. The standard InChI is InChI=1S/C19H20N2O4/c22-18(12-14-7-9-16(10-8-14)21(24)25)20-13-19(23)11-3-5-15-4-1-2-6-17(15)19/h1-2,4,6-10,23H,3,5,11-13H2,(H,20,22)/t19-/m1/s1. The Morgan fingerprint density at radius 1 is 1.20 bits per heavy atom. The van der Waals surface area contributed by atoms with Gasteiger partial charge in [-0.15, -0.1) is 0 Å². The Morgan fingerprint density at radius 2 is 1.92 bits per heavy atom. The SMILES string of the molecule is O=C(Cc1ccc([N+](=O)[O-])cc1)NC[C@]1(O)CCCc2ccccc21. The zero-order chi connectivity index (χ0) is 17.9. The maximum atomic E-state index is 12.2. The Kier molecular flexibility index (Phi) is 4.81. The fourth-order valence-electron chi connectivity index (χ4n) is 3.31. The molecule has 0 spiro atoms. The molecule has 0 aliphatic heterocycles. The lowest BCUT2D eigenvalue weighted by molar-refractivity contribution is -0.384. The van der Waals surface area contributed by atoms with Crippen LogP contribution >= 0.6 is 0 Å². The van der Waals surface area contributed by atoms with E-state index >= 15 is 0 Å². The van der Waals surface area contributed by atoms with E-state index in [0.717, 1.165) is 24.0 Å². The predicted molar refractivity (Wildman–Crippen MR) is 93.1 cm³/mol. The van der Waals surface area contributed by atoms with Crippen molar-refractivity contribution in [2.75, 3.05) is 6.54 Å². The van der Waals surface area contributed by atoms with Crippen LogP contribution < -0.4 is 5.32 Å². The molecule has 0 saturated carbocycles. The Morgan fingerprint density at radius 3 is 2.64 bits per heavy atom. The summed E-state index contributed by atoms with van der Waals surface area (Å²) < 4.78 is 0. The number of fused-ring (bicyclic) bond motifs is 1. The summed E-state index contributed by atoms with van der Waals surface area (Å²) >= 11 is 0. The molecule has 0 aromatic heterocycles. The van der Waals surface area contributed by atoms with Crippen LogP contribution in [0.5, 0.6) is 0 Å². The van der Waals surface area contributed by atoms with Crippen LogP contribution in [0.1, 0.15) is 29.5 Å². The summed E-state index contributed by atoms with van der Waals surface area (Å²) in [6.45, 7) is 0.163. The quantitative estimate of drug-likeness (QED) is 0.646. The van der Waals surface area contributed by atoms with E-state index in [9.17, 15) is 20.0 Å². The molecule has 0 bridgehead atoms. The number of hydrogen-bond acceptors (Lipinski definition) is 4. The third kappa shape index (κ3) is 3.85. The number of aryl methyl sites for hydroxylation is 1. The van der Waals surface area contributed by atoms with Gasteiger partial charge in [-0.05, 0) is 36.0 Å². The molecule has 1 amide bonds. The molecule has 1 aliphatic carbocycles. The lowest BCUT2D eigenvalue weighted by Crippen LogP contribution is -2.43. The molecule has 6 heteroatoms. The van der Waals surface area contributed by atoms with Crippen molar-refractivity contribution in [3.63, 3.8) is 0 Å². The van der Waals surface area contributed by atoms with Crippen LogP contribution in [0.2, 0.25) is 0 Å². The molecule has 0 fully saturated rings. The Bertz CT molecular complexity index is 788. The van der Waals surface area contributed by atoms with Gasteiger partial charge in [0.1, 0.15) is 5.60 Å². The van der Waals surface area contributed by atoms with E-state index in [0.29, 0.717) is 12.0 Å². The number of hydrogen-bond donors (Lipinski definition) is 2. The summed E-state index contributed by atoms with van der Waals surface area (Å²) in [5.74, 6) is -0.217. The molecule has 0 radical (unpaired) electrons. The average Bonchev–Trinajstić information content (AvgIpc) is 2.61. The maximum Gasteiger partial charge on any atom is 0.269 e. The van der Waals surface area contributed by atoms with Crippen LogP contribution in [0.15, 0.2) is 48.5 Å². The van der Waals surface area contributed by atoms with Gasteiger partial charge in [0.25, 0.3) is 5.69 Å². The molecule has 2 aromatic carbocycles. The van der Waals surface area contributed by atoms with Crippen LogP contribution in [0.4, 0.5) is 5.69 Å². The number of benzene rings is 2. The first-order chi connectivity index (χ1) is 12.0. The highest BCUT2D eigenvalue weighted by molar-refractivity contribution is 5.78. The highest BCUT2D eigenvalue weighted by atomic mass is 16.6. The molecule has 0 unspecified atom stereocenters. The molecule has 0 saturated heterocycles. The first-order valence-electron chi connectivity index (χ1n) is 8.29. The maximum absolute atomic E-state index is 12.2. The minimum atomic E-state index is -1.04. The summed E-state index contributed by atoms with van der Waals surface area (Å²) in [6.07, 6.45) is 2.55. The minimum Gasteiger partial charge on any atom is -0.383 e. The number of nitro benzene ring substituents is 1. The van der Waals surface area contributed by atoms with Crippen LogP contribution in [0, 0.1) is 10.1 Å². The van der Waals surface area contributed by atoms with Gasteiger partial charge in [0.2, 0.25) is 5.91 Å². The second-order valence-electron chi connectivity index (χ2n) is 6.42. The van der Waals surface area contributed by atoms with Crippen molar-refractivity contribution in [3.05, 3.63) is 75.3 Å². The number of rotatable bonds is 5. The van der Waals surface area contributed by atoms with Gasteiger partial charge in [0.05, 0.1) is 17.9 Å². The van der Waals surface area contributed by atoms with Crippen molar-refractivity contribution < 1.29 is 14.8 Å². The van der Waals surface area contributed by atoms with Crippen molar-refractivity contribution in [3.8, 4) is 0 Å². The monoisotopic (exact) mass is 340 g/mol. The van der Waals surface area contributed by atoms with Gasteiger partial charge in [-0.3, -0.25) is 14.9 Å². The van der Waals surface area contributed by atoms with Crippen LogP contribution in [0.25, 0.3) is 0 Å². The summed E-state index contributed by atoms with van der Waals surface area (Å²) in [5.41, 5.74) is 1.66. The summed E-state index contributed by atoms with van der Waals surface area (Å²) in [5, 5.41) is 24.4. The van der Waals surface area contributed by atoms with Crippen LogP contribution in [-0.2, 0) is 23.2 Å². The van der Waals surface area contributed by atoms with Gasteiger partial charge in [-0.1, -0.05) is 36.4 Å². The van der Waals surface area contributed by atoms with Crippen molar-refractivity contribution in [1.82, 2.24) is 5.32 Å².